The molecule has 0 radical (unpaired) electrons. The molecule has 4 heteroatoms. The van der Waals surface area contributed by atoms with Gasteiger partial charge in [0.1, 0.15) is 5.60 Å². The van der Waals surface area contributed by atoms with Crippen molar-refractivity contribution in [2.45, 2.75) is 64.9 Å². The van der Waals surface area contributed by atoms with Crippen LogP contribution >= 0.6 is 0 Å². The van der Waals surface area contributed by atoms with E-state index >= 15 is 0 Å². The van der Waals surface area contributed by atoms with Gasteiger partial charge >= 0.3 is 6.09 Å². The zero-order valence-electron chi connectivity index (χ0n) is 14.7. The zero-order chi connectivity index (χ0) is 17.0. The number of fused-ring (bicyclic) bond motifs is 3. The van der Waals surface area contributed by atoms with Gasteiger partial charge in [-0.25, -0.2) is 4.79 Å². The normalized spacial score (nSPS) is 19.3. The highest BCUT2D eigenvalue weighted by molar-refractivity contribution is 6.08. The predicted molar refractivity (Wildman–Crippen MR) is 90.3 cm³/mol. The molecule has 1 aliphatic heterocycles. The summed E-state index contributed by atoms with van der Waals surface area (Å²) in [6.45, 7) is 10.5. The molecule has 0 saturated carbocycles. The highest BCUT2D eigenvalue weighted by atomic mass is 16.6. The average Bonchev–Trinajstić information content (AvgIpc) is 2.85. The summed E-state index contributed by atoms with van der Waals surface area (Å²) in [7, 11) is 0. The topological polar surface area (TPSA) is 46.6 Å². The van der Waals surface area contributed by atoms with E-state index in [1.807, 2.05) is 20.8 Å². The van der Waals surface area contributed by atoms with Crippen molar-refractivity contribution >= 4 is 17.6 Å². The lowest BCUT2D eigenvalue weighted by Crippen LogP contribution is -2.37. The highest BCUT2D eigenvalue weighted by Crippen LogP contribution is 2.44. The summed E-state index contributed by atoms with van der Waals surface area (Å²) in [4.78, 5) is 26.8. The number of carbonyl (C=O) groups excluding carboxylic acids is 2. The van der Waals surface area contributed by atoms with Gasteiger partial charge in [-0.2, -0.15) is 0 Å². The van der Waals surface area contributed by atoms with Crippen molar-refractivity contribution in [1.82, 2.24) is 0 Å². The fourth-order valence-electron chi connectivity index (χ4n) is 3.52. The quantitative estimate of drug-likeness (QED) is 0.719. The van der Waals surface area contributed by atoms with E-state index in [1.165, 1.54) is 0 Å². The fourth-order valence-corrected chi connectivity index (χ4v) is 3.52. The third-order valence-electron chi connectivity index (χ3n) is 4.74. The number of benzene rings is 1. The van der Waals surface area contributed by atoms with Gasteiger partial charge in [-0.05, 0) is 50.2 Å². The first-order valence-corrected chi connectivity index (χ1v) is 8.30. The van der Waals surface area contributed by atoms with E-state index in [1.54, 1.807) is 4.90 Å². The lowest BCUT2D eigenvalue weighted by Gasteiger charge is -2.34. The molecule has 1 heterocycles. The van der Waals surface area contributed by atoms with E-state index in [0.717, 1.165) is 35.2 Å². The van der Waals surface area contributed by atoms with E-state index in [4.69, 9.17) is 4.74 Å². The van der Waals surface area contributed by atoms with Crippen LogP contribution in [-0.2, 0) is 16.6 Å². The van der Waals surface area contributed by atoms with Crippen LogP contribution in [0.15, 0.2) is 12.1 Å². The molecule has 0 bridgehead atoms. The maximum absolute atomic E-state index is 12.6. The number of nitrogens with zero attached hydrogens (tertiary/aromatic N) is 1. The van der Waals surface area contributed by atoms with Gasteiger partial charge in [0.15, 0.2) is 5.78 Å². The molecule has 4 nitrogen and oxygen atoms in total. The van der Waals surface area contributed by atoms with Gasteiger partial charge in [-0.15, -0.1) is 0 Å². The molecule has 0 unspecified atom stereocenters. The van der Waals surface area contributed by atoms with Crippen LogP contribution in [0.3, 0.4) is 0 Å². The molecule has 0 fully saturated rings. The Morgan fingerprint density at radius 3 is 2.57 bits per heavy atom. The van der Waals surface area contributed by atoms with Gasteiger partial charge in [0, 0.05) is 18.5 Å². The molecule has 0 saturated heterocycles. The third-order valence-corrected chi connectivity index (χ3v) is 4.74. The molecule has 2 aliphatic rings. The van der Waals surface area contributed by atoms with Crippen LogP contribution in [-0.4, -0.2) is 24.0 Å². The number of ether oxygens (including phenoxy) is 1. The van der Waals surface area contributed by atoms with Crippen molar-refractivity contribution in [3.8, 4) is 0 Å². The summed E-state index contributed by atoms with van der Waals surface area (Å²) in [6.07, 6.45) is 1.80. The fraction of sp³-hybridized carbons (Fsp3) is 0.579. The van der Waals surface area contributed by atoms with Crippen LogP contribution in [0, 0.1) is 0 Å². The van der Waals surface area contributed by atoms with E-state index in [0.29, 0.717) is 13.0 Å². The zero-order valence-corrected chi connectivity index (χ0v) is 14.7. The first-order valence-electron chi connectivity index (χ1n) is 8.30. The maximum Gasteiger partial charge on any atom is 0.414 e. The molecule has 1 amide bonds. The number of Topliss-reactive ketones (excluding diaryl/α,β-unsaturated/α-hetero) is 1. The summed E-state index contributed by atoms with van der Waals surface area (Å²) in [6, 6.07) is 4.14. The third kappa shape index (κ3) is 2.75. The number of carbonyl (C=O) groups is 2. The summed E-state index contributed by atoms with van der Waals surface area (Å²) in [5.74, 6) is 0.145. The Bertz CT molecular complexity index is 683. The molecule has 0 atom stereocenters. The smallest absolute Gasteiger partial charge is 0.414 e. The number of ketones is 1. The predicted octanol–water partition coefficient (Wildman–Crippen LogP) is 4.24. The van der Waals surface area contributed by atoms with Gasteiger partial charge < -0.3 is 4.74 Å². The van der Waals surface area contributed by atoms with E-state index in [-0.39, 0.29) is 17.3 Å². The minimum absolute atomic E-state index is 0.0412. The minimum atomic E-state index is -0.544. The highest BCUT2D eigenvalue weighted by Gasteiger charge is 2.39. The SMILES string of the molecule is CC(C)(C)OC(=O)N1CCc2ccc3c(c21)C(=O)CCC3(C)C. The van der Waals surface area contributed by atoms with Crippen molar-refractivity contribution in [2.24, 2.45) is 0 Å². The number of hydrogen-bond acceptors (Lipinski definition) is 3. The van der Waals surface area contributed by atoms with Crippen molar-refractivity contribution in [2.75, 3.05) is 11.4 Å². The molecule has 1 aromatic rings. The molecule has 0 N–H and O–H groups in total. The maximum atomic E-state index is 12.6. The monoisotopic (exact) mass is 315 g/mol. The van der Waals surface area contributed by atoms with Crippen molar-refractivity contribution in [1.29, 1.82) is 0 Å². The van der Waals surface area contributed by atoms with Crippen LogP contribution in [0.1, 0.15) is 68.9 Å². The lowest BCUT2D eigenvalue weighted by molar-refractivity contribution is 0.0584. The van der Waals surface area contributed by atoms with Crippen LogP contribution in [0.4, 0.5) is 10.5 Å². The lowest BCUT2D eigenvalue weighted by atomic mass is 9.71. The molecule has 124 valence electrons. The molecule has 1 aromatic carbocycles. The van der Waals surface area contributed by atoms with Crippen molar-refractivity contribution < 1.29 is 14.3 Å². The molecular weight excluding hydrogens is 290 g/mol. The van der Waals surface area contributed by atoms with Gasteiger partial charge in [-0.3, -0.25) is 9.69 Å². The van der Waals surface area contributed by atoms with Crippen LogP contribution < -0.4 is 4.90 Å². The van der Waals surface area contributed by atoms with E-state index < -0.39 is 5.60 Å². The average molecular weight is 315 g/mol. The van der Waals surface area contributed by atoms with Crippen molar-refractivity contribution in [3.05, 3.63) is 28.8 Å². The first-order chi connectivity index (χ1) is 10.6. The van der Waals surface area contributed by atoms with E-state index in [9.17, 15) is 9.59 Å². The van der Waals surface area contributed by atoms with Gasteiger partial charge in [0.2, 0.25) is 0 Å². The summed E-state index contributed by atoms with van der Waals surface area (Å²) >= 11 is 0. The molecule has 1 aliphatic carbocycles. The Balaban J connectivity index is 2.09. The van der Waals surface area contributed by atoms with Crippen LogP contribution in [0.2, 0.25) is 0 Å². The molecule has 0 spiro atoms. The standard InChI is InChI=1S/C19H25NO3/c1-18(2,3)23-17(22)20-11-9-12-6-7-13-15(16(12)20)14(21)8-10-19(13,4)5/h6-7H,8-11H2,1-5H3. The van der Waals surface area contributed by atoms with Crippen LogP contribution in [0.5, 0.6) is 0 Å². The molecule has 3 rings (SSSR count). The largest absolute Gasteiger partial charge is 0.443 e. The molecule has 23 heavy (non-hydrogen) atoms. The van der Waals surface area contributed by atoms with Gasteiger partial charge in [0.25, 0.3) is 0 Å². The van der Waals surface area contributed by atoms with Crippen molar-refractivity contribution in [3.63, 3.8) is 0 Å². The Morgan fingerprint density at radius 2 is 1.91 bits per heavy atom. The summed E-state index contributed by atoms with van der Waals surface area (Å²) in [5.41, 5.74) is 3.07. The second-order valence-electron chi connectivity index (χ2n) is 8.18. The number of rotatable bonds is 0. The minimum Gasteiger partial charge on any atom is -0.443 e. The number of hydrogen-bond donors (Lipinski definition) is 0. The second-order valence-corrected chi connectivity index (χ2v) is 8.18. The number of anilines is 1. The van der Waals surface area contributed by atoms with Gasteiger partial charge in [-0.1, -0.05) is 26.0 Å². The summed E-state index contributed by atoms with van der Waals surface area (Å²) in [5, 5.41) is 0. The van der Waals surface area contributed by atoms with E-state index in [2.05, 4.69) is 26.0 Å². The van der Waals surface area contributed by atoms with Gasteiger partial charge in [0.05, 0.1) is 5.69 Å². The Kier molecular flexibility index (Phi) is 3.54. The Labute approximate surface area is 137 Å². The Morgan fingerprint density at radius 1 is 1.22 bits per heavy atom. The molecular formula is C19H25NO3. The molecule has 0 aromatic heterocycles. The summed E-state index contributed by atoms with van der Waals surface area (Å²) < 4.78 is 5.53. The van der Waals surface area contributed by atoms with Crippen LogP contribution in [0.25, 0.3) is 0 Å². The number of amides is 1. The first kappa shape index (κ1) is 16.0. The second kappa shape index (κ2) is 5.08. The Hall–Kier alpha value is -1.84.